The predicted molar refractivity (Wildman–Crippen MR) is 91.1 cm³/mol. The number of fused-ring (bicyclic) bond motifs is 1. The van der Waals surface area contributed by atoms with Gasteiger partial charge in [-0.3, -0.25) is 9.59 Å². The average molecular weight is 307 g/mol. The van der Waals surface area contributed by atoms with E-state index < -0.39 is 5.91 Å². The topological polar surface area (TPSA) is 59.3 Å². The smallest absolute Gasteiger partial charge is 0.291 e. The Labute approximate surface area is 133 Å². The van der Waals surface area contributed by atoms with Gasteiger partial charge in [-0.05, 0) is 49.6 Å². The summed E-state index contributed by atoms with van der Waals surface area (Å²) in [5.41, 5.74) is 3.69. The molecule has 23 heavy (non-hydrogen) atoms. The fourth-order valence-electron chi connectivity index (χ4n) is 2.67. The van der Waals surface area contributed by atoms with Gasteiger partial charge in [0.2, 0.25) is 0 Å². The molecule has 116 valence electrons. The molecule has 0 aliphatic heterocycles. The molecule has 4 heteroatoms. The van der Waals surface area contributed by atoms with Crippen molar-refractivity contribution in [2.45, 2.75) is 20.8 Å². The lowest BCUT2D eigenvalue weighted by molar-refractivity contribution is 0.0997. The van der Waals surface area contributed by atoms with Gasteiger partial charge in [-0.2, -0.15) is 0 Å². The minimum atomic E-state index is -0.433. The third kappa shape index (κ3) is 2.88. The van der Waals surface area contributed by atoms with Gasteiger partial charge in [-0.25, -0.2) is 0 Å². The summed E-state index contributed by atoms with van der Waals surface area (Å²) in [5, 5.41) is 3.29. The average Bonchev–Trinajstić information content (AvgIpc) is 2.48. The van der Waals surface area contributed by atoms with Crippen LogP contribution in [0.5, 0.6) is 0 Å². The summed E-state index contributed by atoms with van der Waals surface area (Å²) in [7, 11) is 0. The number of hydrogen-bond acceptors (Lipinski definition) is 3. The van der Waals surface area contributed by atoms with Crippen molar-refractivity contribution in [2.75, 3.05) is 5.32 Å². The minimum Gasteiger partial charge on any atom is -0.451 e. The summed E-state index contributed by atoms with van der Waals surface area (Å²) in [4.78, 5) is 24.7. The van der Waals surface area contributed by atoms with Gasteiger partial charge in [-0.15, -0.1) is 0 Å². The highest BCUT2D eigenvalue weighted by molar-refractivity contribution is 6.03. The van der Waals surface area contributed by atoms with Gasteiger partial charge in [0.05, 0.1) is 5.39 Å². The molecule has 1 aromatic heterocycles. The highest BCUT2D eigenvalue weighted by Gasteiger charge is 2.14. The van der Waals surface area contributed by atoms with E-state index in [1.165, 1.54) is 6.07 Å². The van der Waals surface area contributed by atoms with Crippen molar-refractivity contribution in [3.63, 3.8) is 0 Å². The standard InChI is InChI=1S/C19H17NO3/c1-11-8-13(3)18-15(21)10-17(23-16(18)9-11)19(22)20-14-7-5-4-6-12(14)2/h4-10H,1-3H3,(H,20,22). The first-order valence-electron chi connectivity index (χ1n) is 7.38. The first kappa shape index (κ1) is 15.0. The van der Waals surface area contributed by atoms with Crippen LogP contribution >= 0.6 is 0 Å². The predicted octanol–water partition coefficient (Wildman–Crippen LogP) is 3.97. The Morgan fingerprint density at radius 2 is 1.74 bits per heavy atom. The quantitative estimate of drug-likeness (QED) is 0.779. The highest BCUT2D eigenvalue weighted by atomic mass is 16.3. The van der Waals surface area contributed by atoms with Crippen molar-refractivity contribution < 1.29 is 9.21 Å². The highest BCUT2D eigenvalue weighted by Crippen LogP contribution is 2.20. The summed E-state index contributed by atoms with van der Waals surface area (Å²) < 4.78 is 5.67. The van der Waals surface area contributed by atoms with Crippen LogP contribution in [0.3, 0.4) is 0 Å². The van der Waals surface area contributed by atoms with Crippen LogP contribution in [0, 0.1) is 20.8 Å². The first-order valence-corrected chi connectivity index (χ1v) is 7.38. The number of anilines is 1. The van der Waals surface area contributed by atoms with Crippen molar-refractivity contribution in [1.29, 1.82) is 0 Å². The maximum atomic E-state index is 12.4. The van der Waals surface area contributed by atoms with Crippen LogP contribution in [0.2, 0.25) is 0 Å². The number of nitrogens with one attached hydrogen (secondary N) is 1. The number of hydrogen-bond donors (Lipinski definition) is 1. The van der Waals surface area contributed by atoms with Gasteiger partial charge in [-0.1, -0.05) is 24.3 Å². The van der Waals surface area contributed by atoms with E-state index in [4.69, 9.17) is 4.42 Å². The van der Waals surface area contributed by atoms with Gasteiger partial charge in [0.1, 0.15) is 5.58 Å². The SMILES string of the molecule is Cc1cc(C)c2c(=O)cc(C(=O)Nc3ccccc3C)oc2c1. The van der Waals surface area contributed by atoms with E-state index in [9.17, 15) is 9.59 Å². The van der Waals surface area contributed by atoms with Crippen molar-refractivity contribution >= 4 is 22.6 Å². The van der Waals surface area contributed by atoms with Crippen LogP contribution < -0.4 is 10.7 Å². The Hall–Kier alpha value is -2.88. The van der Waals surface area contributed by atoms with Crippen LogP contribution in [0.4, 0.5) is 5.69 Å². The summed E-state index contributed by atoms with van der Waals surface area (Å²) in [6, 6.07) is 12.4. The largest absolute Gasteiger partial charge is 0.451 e. The van der Waals surface area contributed by atoms with E-state index in [0.29, 0.717) is 16.7 Å². The third-order valence-corrected chi connectivity index (χ3v) is 3.79. The van der Waals surface area contributed by atoms with Gasteiger partial charge in [0.25, 0.3) is 5.91 Å². The molecule has 0 unspecified atom stereocenters. The fraction of sp³-hybridized carbons (Fsp3) is 0.158. The van der Waals surface area contributed by atoms with Crippen LogP contribution in [-0.2, 0) is 0 Å². The maximum absolute atomic E-state index is 12.4. The monoisotopic (exact) mass is 307 g/mol. The first-order chi connectivity index (χ1) is 11.0. The molecule has 1 N–H and O–H groups in total. The normalized spacial score (nSPS) is 10.7. The van der Waals surface area contributed by atoms with Crippen LogP contribution in [-0.4, -0.2) is 5.91 Å². The Morgan fingerprint density at radius 1 is 1.00 bits per heavy atom. The minimum absolute atomic E-state index is 0.00996. The Bertz CT molecular complexity index is 970. The van der Waals surface area contributed by atoms with E-state index in [0.717, 1.165) is 16.7 Å². The van der Waals surface area contributed by atoms with Crippen molar-refractivity contribution in [2.24, 2.45) is 0 Å². The zero-order valence-electron chi connectivity index (χ0n) is 13.3. The molecule has 0 aliphatic carbocycles. The number of aryl methyl sites for hydroxylation is 3. The second kappa shape index (κ2) is 5.72. The molecule has 3 rings (SSSR count). The lowest BCUT2D eigenvalue weighted by atomic mass is 10.1. The molecule has 4 nitrogen and oxygen atoms in total. The zero-order valence-corrected chi connectivity index (χ0v) is 13.3. The van der Waals surface area contributed by atoms with E-state index >= 15 is 0 Å². The summed E-state index contributed by atoms with van der Waals surface area (Å²) in [5.74, 6) is -0.423. The molecule has 0 atom stereocenters. The number of para-hydroxylation sites is 1. The molecule has 0 saturated carbocycles. The Balaban J connectivity index is 2.05. The molecule has 0 saturated heterocycles. The Morgan fingerprint density at radius 3 is 2.48 bits per heavy atom. The van der Waals surface area contributed by atoms with E-state index in [1.54, 1.807) is 12.1 Å². The van der Waals surface area contributed by atoms with Crippen molar-refractivity contribution in [3.05, 3.63) is 75.1 Å². The second-order valence-electron chi connectivity index (χ2n) is 5.70. The van der Waals surface area contributed by atoms with Gasteiger partial charge < -0.3 is 9.73 Å². The molecule has 0 fully saturated rings. The lowest BCUT2D eigenvalue weighted by Crippen LogP contribution is -2.16. The molecule has 0 aliphatic rings. The third-order valence-electron chi connectivity index (χ3n) is 3.79. The maximum Gasteiger partial charge on any atom is 0.291 e. The second-order valence-corrected chi connectivity index (χ2v) is 5.70. The van der Waals surface area contributed by atoms with Crippen LogP contribution in [0.25, 0.3) is 11.0 Å². The number of carbonyl (C=O) groups excluding carboxylic acids is 1. The van der Waals surface area contributed by atoms with Crippen molar-refractivity contribution in [3.8, 4) is 0 Å². The molecular weight excluding hydrogens is 290 g/mol. The summed E-state index contributed by atoms with van der Waals surface area (Å²) >= 11 is 0. The van der Waals surface area contributed by atoms with Gasteiger partial charge in [0.15, 0.2) is 11.2 Å². The molecule has 2 aromatic carbocycles. The molecule has 0 radical (unpaired) electrons. The Kier molecular flexibility index (Phi) is 3.74. The molecule has 0 bridgehead atoms. The number of amides is 1. The molecule has 3 aromatic rings. The number of benzene rings is 2. The number of carbonyl (C=O) groups is 1. The lowest BCUT2D eigenvalue weighted by Gasteiger charge is -2.09. The molecular formula is C19H17NO3. The zero-order chi connectivity index (χ0) is 16.6. The number of rotatable bonds is 2. The fourth-order valence-corrected chi connectivity index (χ4v) is 2.67. The summed E-state index contributed by atoms with van der Waals surface area (Å²) in [6.45, 7) is 5.69. The van der Waals surface area contributed by atoms with E-state index in [-0.39, 0.29) is 11.2 Å². The van der Waals surface area contributed by atoms with E-state index in [1.807, 2.05) is 45.0 Å². The molecule has 1 amide bonds. The summed E-state index contributed by atoms with van der Waals surface area (Å²) in [6.07, 6.45) is 0. The van der Waals surface area contributed by atoms with Gasteiger partial charge in [0, 0.05) is 11.8 Å². The van der Waals surface area contributed by atoms with Crippen molar-refractivity contribution in [1.82, 2.24) is 0 Å². The van der Waals surface area contributed by atoms with Crippen LogP contribution in [0.1, 0.15) is 27.2 Å². The van der Waals surface area contributed by atoms with E-state index in [2.05, 4.69) is 5.32 Å². The van der Waals surface area contributed by atoms with Crippen LogP contribution in [0.15, 0.2) is 51.7 Å². The molecule has 0 spiro atoms. The molecule has 1 heterocycles. The van der Waals surface area contributed by atoms with Gasteiger partial charge >= 0.3 is 0 Å².